The molecule has 0 aliphatic carbocycles. The maximum absolute atomic E-state index is 13.1. The number of pyridine rings is 1. The van der Waals surface area contributed by atoms with Crippen molar-refractivity contribution < 1.29 is 13.2 Å². The summed E-state index contributed by atoms with van der Waals surface area (Å²) in [6.45, 7) is 2.13. The number of anilines is 1. The lowest BCUT2D eigenvalue weighted by molar-refractivity contribution is 0.102. The zero-order chi connectivity index (χ0) is 26.2. The van der Waals surface area contributed by atoms with E-state index in [1.165, 1.54) is 22.5 Å². The second kappa shape index (κ2) is 10.4. The van der Waals surface area contributed by atoms with Gasteiger partial charge in [-0.2, -0.15) is 4.31 Å². The molecular weight excluding hydrogens is 531 g/mol. The molecule has 0 bridgehead atoms. The fourth-order valence-electron chi connectivity index (χ4n) is 4.34. The Morgan fingerprint density at radius 1 is 0.919 bits per heavy atom. The summed E-state index contributed by atoms with van der Waals surface area (Å²) in [6, 6.07) is 19.1. The second-order valence-electron chi connectivity index (χ2n) is 8.88. The van der Waals surface area contributed by atoms with Crippen molar-refractivity contribution >= 4 is 55.6 Å². The van der Waals surface area contributed by atoms with Crippen molar-refractivity contribution in [1.29, 1.82) is 0 Å². The van der Waals surface area contributed by atoms with Gasteiger partial charge in [0.25, 0.3) is 5.91 Å². The van der Waals surface area contributed by atoms with Crippen LogP contribution in [-0.2, 0) is 10.0 Å². The Kier molecular flexibility index (Phi) is 7.20. The van der Waals surface area contributed by atoms with Crippen molar-refractivity contribution in [2.24, 2.45) is 0 Å². The lowest BCUT2D eigenvalue weighted by Crippen LogP contribution is -2.47. The molecule has 0 unspecified atom stereocenters. The molecule has 4 aromatic rings. The first-order chi connectivity index (χ1) is 17.7. The van der Waals surface area contributed by atoms with Crippen LogP contribution in [0.25, 0.3) is 22.0 Å². The van der Waals surface area contributed by atoms with Gasteiger partial charge in [-0.05, 0) is 54.9 Å². The number of nitrogens with one attached hydrogen (secondary N) is 1. The van der Waals surface area contributed by atoms with E-state index in [9.17, 15) is 13.2 Å². The summed E-state index contributed by atoms with van der Waals surface area (Å²) in [5, 5.41) is 5.35. The molecule has 37 heavy (non-hydrogen) atoms. The minimum Gasteiger partial charge on any atom is -0.322 e. The molecule has 1 fully saturated rings. The number of amides is 1. The van der Waals surface area contributed by atoms with Crippen molar-refractivity contribution in [3.05, 3.63) is 88.5 Å². The van der Waals surface area contributed by atoms with Crippen LogP contribution in [0.5, 0.6) is 0 Å². The van der Waals surface area contributed by atoms with Gasteiger partial charge in [0.2, 0.25) is 10.0 Å². The molecule has 1 aliphatic rings. The Bertz CT molecular complexity index is 1600. The number of likely N-dealkylation sites (N-methyl/N-ethyl adjacent to an activating group) is 1. The lowest BCUT2D eigenvalue weighted by atomic mass is 10.0. The maximum Gasteiger partial charge on any atom is 0.257 e. The molecule has 1 aliphatic heterocycles. The van der Waals surface area contributed by atoms with Crippen LogP contribution in [-0.4, -0.2) is 61.7 Å². The largest absolute Gasteiger partial charge is 0.322 e. The second-order valence-corrected chi connectivity index (χ2v) is 11.6. The van der Waals surface area contributed by atoms with Crippen molar-refractivity contribution in [2.45, 2.75) is 4.90 Å². The molecule has 0 spiro atoms. The summed E-state index contributed by atoms with van der Waals surface area (Å²) in [4.78, 5) is 19.7. The van der Waals surface area contributed by atoms with Gasteiger partial charge in [-0.3, -0.25) is 9.78 Å². The quantitative estimate of drug-likeness (QED) is 0.357. The Balaban J connectivity index is 1.40. The van der Waals surface area contributed by atoms with Gasteiger partial charge >= 0.3 is 0 Å². The van der Waals surface area contributed by atoms with Gasteiger partial charge in [0.15, 0.2) is 0 Å². The summed E-state index contributed by atoms with van der Waals surface area (Å²) >= 11 is 12.9. The van der Waals surface area contributed by atoms with E-state index in [1.807, 2.05) is 37.4 Å². The first-order valence-electron chi connectivity index (χ1n) is 11.7. The summed E-state index contributed by atoms with van der Waals surface area (Å²) < 4.78 is 27.5. The molecule has 2 heterocycles. The molecule has 1 amide bonds. The highest BCUT2D eigenvalue weighted by Gasteiger charge is 2.28. The zero-order valence-corrected chi connectivity index (χ0v) is 22.3. The predicted octanol–water partition coefficient (Wildman–Crippen LogP) is 5.40. The number of piperazine rings is 1. The molecule has 5 rings (SSSR count). The Labute approximate surface area is 225 Å². The normalized spacial score (nSPS) is 15.1. The van der Waals surface area contributed by atoms with Crippen molar-refractivity contribution in [3.63, 3.8) is 0 Å². The molecular formula is C27H24Cl2N4O3S. The van der Waals surface area contributed by atoms with Crippen molar-refractivity contribution in [3.8, 4) is 11.3 Å². The lowest BCUT2D eigenvalue weighted by Gasteiger charge is -2.31. The number of rotatable bonds is 5. The topological polar surface area (TPSA) is 82.6 Å². The minimum atomic E-state index is -3.70. The van der Waals surface area contributed by atoms with Crippen LogP contribution < -0.4 is 5.32 Å². The first kappa shape index (κ1) is 25.6. The molecule has 0 saturated carbocycles. The molecule has 1 aromatic heterocycles. The first-order valence-corrected chi connectivity index (χ1v) is 13.9. The number of hydrogen-bond acceptors (Lipinski definition) is 5. The van der Waals surface area contributed by atoms with Crippen LogP contribution in [0.4, 0.5) is 5.69 Å². The molecule has 3 aromatic carbocycles. The van der Waals surface area contributed by atoms with Crippen LogP contribution in [0.2, 0.25) is 10.0 Å². The molecule has 1 N–H and O–H groups in total. The highest BCUT2D eigenvalue weighted by molar-refractivity contribution is 7.89. The van der Waals surface area contributed by atoms with Gasteiger partial charge in [-0.15, -0.1) is 0 Å². The van der Waals surface area contributed by atoms with Crippen LogP contribution in [0, 0.1) is 0 Å². The van der Waals surface area contributed by atoms with E-state index >= 15 is 0 Å². The fraction of sp³-hybridized carbons (Fsp3) is 0.185. The number of sulfonamides is 1. The van der Waals surface area contributed by atoms with E-state index in [0.29, 0.717) is 48.1 Å². The SMILES string of the molecule is CN1CCN(S(=O)(=O)c2ccc(C(=O)Nc3ccc(Cl)c(-c4nccc5ccccc45)c3)c(Cl)c2)CC1. The number of halogens is 2. The summed E-state index contributed by atoms with van der Waals surface area (Å²) in [5.41, 5.74) is 2.05. The molecule has 0 atom stereocenters. The highest BCUT2D eigenvalue weighted by Crippen LogP contribution is 2.34. The standard InChI is InChI=1S/C27H24Cl2N4O3S/c1-32-12-14-33(15-13-32)37(35,36)20-7-8-22(25(29)17-20)27(34)31-19-6-9-24(28)23(16-19)26-21-5-3-2-4-18(21)10-11-30-26/h2-11,16-17H,12-15H2,1H3,(H,31,34). The maximum atomic E-state index is 13.1. The van der Waals surface area contributed by atoms with Crippen LogP contribution in [0.1, 0.15) is 10.4 Å². The fourth-order valence-corrected chi connectivity index (χ4v) is 6.32. The minimum absolute atomic E-state index is 0.0533. The number of aromatic nitrogens is 1. The smallest absolute Gasteiger partial charge is 0.257 e. The van der Waals surface area contributed by atoms with Crippen LogP contribution in [0.15, 0.2) is 77.8 Å². The third-order valence-corrected chi connectivity index (χ3v) is 8.98. The monoisotopic (exact) mass is 554 g/mol. The van der Waals surface area contributed by atoms with E-state index in [1.54, 1.807) is 24.4 Å². The van der Waals surface area contributed by atoms with E-state index in [-0.39, 0.29) is 15.5 Å². The van der Waals surface area contributed by atoms with Crippen molar-refractivity contribution in [2.75, 3.05) is 38.5 Å². The molecule has 190 valence electrons. The average Bonchev–Trinajstić information content (AvgIpc) is 2.89. The van der Waals surface area contributed by atoms with Gasteiger partial charge in [-0.1, -0.05) is 47.5 Å². The molecule has 7 nitrogen and oxygen atoms in total. The summed E-state index contributed by atoms with van der Waals surface area (Å²) in [5.74, 6) is -0.465. The van der Waals surface area contributed by atoms with E-state index in [4.69, 9.17) is 23.2 Å². The van der Waals surface area contributed by atoms with Gasteiger partial charge < -0.3 is 10.2 Å². The number of fused-ring (bicyclic) bond motifs is 1. The van der Waals surface area contributed by atoms with E-state index in [2.05, 4.69) is 15.2 Å². The Morgan fingerprint density at radius 2 is 1.68 bits per heavy atom. The Hall–Kier alpha value is -3.01. The van der Waals surface area contributed by atoms with Gasteiger partial charge in [-0.25, -0.2) is 8.42 Å². The number of carbonyl (C=O) groups is 1. The highest BCUT2D eigenvalue weighted by atomic mass is 35.5. The zero-order valence-electron chi connectivity index (χ0n) is 20.0. The predicted molar refractivity (Wildman–Crippen MR) is 148 cm³/mol. The third kappa shape index (κ3) is 5.21. The van der Waals surface area contributed by atoms with Gasteiger partial charge in [0.1, 0.15) is 0 Å². The third-order valence-electron chi connectivity index (χ3n) is 6.44. The number of hydrogen-bond donors (Lipinski definition) is 1. The van der Waals surface area contributed by atoms with Gasteiger partial charge in [0, 0.05) is 49.0 Å². The van der Waals surface area contributed by atoms with Crippen molar-refractivity contribution in [1.82, 2.24) is 14.2 Å². The van der Waals surface area contributed by atoms with Gasteiger partial charge in [0.05, 0.1) is 26.2 Å². The van der Waals surface area contributed by atoms with Crippen LogP contribution >= 0.6 is 23.2 Å². The molecule has 10 heteroatoms. The van der Waals surface area contributed by atoms with E-state index < -0.39 is 15.9 Å². The summed E-state index contributed by atoms with van der Waals surface area (Å²) in [7, 11) is -1.74. The number of nitrogens with zero attached hydrogens (tertiary/aromatic N) is 3. The summed E-state index contributed by atoms with van der Waals surface area (Å²) in [6.07, 6.45) is 1.72. The molecule has 0 radical (unpaired) electrons. The molecule has 1 saturated heterocycles. The van der Waals surface area contributed by atoms with E-state index in [0.717, 1.165) is 10.8 Å². The number of benzene rings is 3. The van der Waals surface area contributed by atoms with Crippen LogP contribution in [0.3, 0.4) is 0 Å². The average molecular weight is 555 g/mol. The Morgan fingerprint density at radius 3 is 2.43 bits per heavy atom. The number of carbonyl (C=O) groups excluding carboxylic acids is 1.